The van der Waals surface area contributed by atoms with Crippen molar-refractivity contribution in [2.24, 2.45) is 5.92 Å². The number of amides is 2. The van der Waals surface area contributed by atoms with Crippen molar-refractivity contribution < 1.29 is 23.8 Å². The van der Waals surface area contributed by atoms with Crippen molar-refractivity contribution in [2.75, 3.05) is 50.0 Å². The van der Waals surface area contributed by atoms with Crippen LogP contribution >= 0.6 is 11.6 Å². The minimum atomic E-state index is -0.419. The molecule has 1 saturated heterocycles. The lowest BCUT2D eigenvalue weighted by Crippen LogP contribution is -2.47. The number of piperidine rings is 1. The van der Waals surface area contributed by atoms with E-state index in [1.54, 1.807) is 42.5 Å². The SMILES string of the molecule is COc1cc(C(=O)Nc2cc(C(=O)Nc3cc(Cl)ccc3C)ccc2N2CC3CC(C2)c2cccc(=O)n2C3)cc(OC)c1OC. The number of pyridine rings is 1. The molecule has 2 atom stereocenters. The number of benzene rings is 3. The van der Waals surface area contributed by atoms with Crippen molar-refractivity contribution in [3.05, 3.63) is 104 Å². The molecule has 0 radical (unpaired) electrons. The number of methoxy groups -OCH3 is 3. The van der Waals surface area contributed by atoms with Gasteiger partial charge in [-0.15, -0.1) is 0 Å². The number of ether oxygens (including phenoxy) is 3. The summed E-state index contributed by atoms with van der Waals surface area (Å²) in [5.74, 6) is 0.691. The van der Waals surface area contributed by atoms with Crippen molar-refractivity contribution >= 4 is 40.5 Å². The molecule has 2 bridgehead atoms. The Hall–Kier alpha value is -4.96. The lowest BCUT2D eigenvalue weighted by molar-refractivity contribution is 0.101. The third-order valence-electron chi connectivity index (χ3n) is 8.70. The Balaban J connectivity index is 1.36. The molecule has 1 aromatic heterocycles. The minimum absolute atomic E-state index is 0.0178. The van der Waals surface area contributed by atoms with E-state index >= 15 is 0 Å². The highest BCUT2D eigenvalue weighted by molar-refractivity contribution is 6.31. The zero-order chi connectivity index (χ0) is 32.5. The molecule has 2 N–H and O–H groups in total. The van der Waals surface area contributed by atoms with Crippen LogP contribution in [0.5, 0.6) is 17.2 Å². The summed E-state index contributed by atoms with van der Waals surface area (Å²) >= 11 is 6.19. The van der Waals surface area contributed by atoms with Gasteiger partial charge in [-0.3, -0.25) is 14.4 Å². The summed E-state index contributed by atoms with van der Waals surface area (Å²) in [5.41, 5.74) is 4.39. The number of halogens is 1. The quantitative estimate of drug-likeness (QED) is 0.244. The first-order chi connectivity index (χ1) is 22.2. The molecule has 3 aromatic carbocycles. The Morgan fingerprint density at radius 3 is 2.24 bits per heavy atom. The van der Waals surface area contributed by atoms with Crippen molar-refractivity contribution in [1.29, 1.82) is 0 Å². The normalized spacial score (nSPS) is 16.7. The number of carbonyl (C=O) groups excluding carboxylic acids is 2. The van der Waals surface area contributed by atoms with Crippen LogP contribution in [-0.4, -0.2) is 50.8 Å². The Morgan fingerprint density at radius 1 is 0.804 bits per heavy atom. The molecule has 2 aliphatic heterocycles. The highest BCUT2D eigenvalue weighted by Crippen LogP contribution is 2.41. The summed E-state index contributed by atoms with van der Waals surface area (Å²) in [6, 6.07) is 19.2. The van der Waals surface area contributed by atoms with E-state index < -0.39 is 5.91 Å². The van der Waals surface area contributed by atoms with Gasteiger partial charge in [0.1, 0.15) is 0 Å². The van der Waals surface area contributed by atoms with Gasteiger partial charge in [0.25, 0.3) is 17.4 Å². The molecule has 238 valence electrons. The number of hydrogen-bond donors (Lipinski definition) is 2. The molecular weight excluding hydrogens is 608 g/mol. The first-order valence-electron chi connectivity index (χ1n) is 15.0. The Labute approximate surface area is 271 Å². The van der Waals surface area contributed by atoms with Crippen LogP contribution in [0.25, 0.3) is 0 Å². The number of nitrogens with zero attached hydrogens (tertiary/aromatic N) is 2. The average Bonchev–Trinajstić information content (AvgIpc) is 3.06. The smallest absolute Gasteiger partial charge is 0.255 e. The maximum atomic E-state index is 13.8. The van der Waals surface area contributed by atoms with Gasteiger partial charge in [0, 0.05) is 59.1 Å². The summed E-state index contributed by atoms with van der Waals surface area (Å²) < 4.78 is 18.2. The maximum Gasteiger partial charge on any atom is 0.255 e. The molecule has 0 aliphatic carbocycles. The lowest BCUT2D eigenvalue weighted by atomic mass is 9.83. The summed E-state index contributed by atoms with van der Waals surface area (Å²) in [4.78, 5) is 42.1. The van der Waals surface area contributed by atoms with Gasteiger partial charge in [0.2, 0.25) is 5.75 Å². The number of rotatable bonds is 8. The molecule has 4 aromatic rings. The average molecular weight is 643 g/mol. The fourth-order valence-corrected chi connectivity index (χ4v) is 6.65. The van der Waals surface area contributed by atoms with Crippen LogP contribution in [0, 0.1) is 12.8 Å². The zero-order valence-electron chi connectivity index (χ0n) is 26.1. The first kappa shape index (κ1) is 31.0. The van der Waals surface area contributed by atoms with Crippen LogP contribution in [0.4, 0.5) is 17.1 Å². The predicted octanol–water partition coefficient (Wildman–Crippen LogP) is 5.96. The van der Waals surface area contributed by atoms with Crippen molar-refractivity contribution in [3.8, 4) is 17.2 Å². The van der Waals surface area contributed by atoms with Crippen LogP contribution in [0.2, 0.25) is 5.02 Å². The minimum Gasteiger partial charge on any atom is -0.493 e. The molecule has 46 heavy (non-hydrogen) atoms. The number of aryl methyl sites for hydroxylation is 1. The second-order valence-corrected chi connectivity index (χ2v) is 12.1. The summed E-state index contributed by atoms with van der Waals surface area (Å²) in [6.45, 7) is 3.87. The monoisotopic (exact) mass is 642 g/mol. The van der Waals surface area contributed by atoms with E-state index in [1.165, 1.54) is 21.3 Å². The standard InChI is InChI=1S/C35H35ClN4O6/c1-20-8-10-25(36)16-26(20)37-34(42)22-9-11-29(39-17-21-12-24(19-39)28-6-5-7-32(41)40(28)18-21)27(13-22)38-35(43)23-14-30(44-2)33(46-4)31(15-23)45-3/h5-11,13-16,21,24H,12,17-19H2,1-4H3,(H,37,42)(H,38,43). The van der Waals surface area contributed by atoms with Gasteiger partial charge in [-0.05, 0) is 73.4 Å². The predicted molar refractivity (Wildman–Crippen MR) is 178 cm³/mol. The second-order valence-electron chi connectivity index (χ2n) is 11.6. The molecule has 2 unspecified atom stereocenters. The number of aromatic nitrogens is 1. The number of hydrogen-bond acceptors (Lipinski definition) is 7. The highest BCUT2D eigenvalue weighted by atomic mass is 35.5. The van der Waals surface area contributed by atoms with Gasteiger partial charge in [-0.2, -0.15) is 0 Å². The molecule has 2 amide bonds. The van der Waals surface area contributed by atoms with E-state index in [1.807, 2.05) is 35.8 Å². The number of carbonyl (C=O) groups is 2. The molecular formula is C35H35ClN4O6. The largest absolute Gasteiger partial charge is 0.493 e. The van der Waals surface area contributed by atoms with Crippen LogP contribution in [0.1, 0.15) is 44.3 Å². The van der Waals surface area contributed by atoms with Crippen molar-refractivity contribution in [1.82, 2.24) is 4.57 Å². The van der Waals surface area contributed by atoms with E-state index in [9.17, 15) is 14.4 Å². The third-order valence-corrected chi connectivity index (χ3v) is 8.94. The van der Waals surface area contributed by atoms with Crippen LogP contribution < -0.4 is 35.3 Å². The lowest BCUT2D eigenvalue weighted by Gasteiger charge is -2.44. The van der Waals surface area contributed by atoms with Gasteiger partial charge in [0.15, 0.2) is 11.5 Å². The van der Waals surface area contributed by atoms with Crippen molar-refractivity contribution in [2.45, 2.75) is 25.8 Å². The van der Waals surface area contributed by atoms with Crippen molar-refractivity contribution in [3.63, 3.8) is 0 Å². The number of nitrogens with one attached hydrogen (secondary N) is 2. The highest BCUT2D eigenvalue weighted by Gasteiger charge is 2.35. The van der Waals surface area contributed by atoms with Gasteiger partial charge in [0.05, 0.1) is 32.7 Å². The van der Waals surface area contributed by atoms with Gasteiger partial charge in [-0.25, -0.2) is 0 Å². The molecule has 1 fully saturated rings. The fourth-order valence-electron chi connectivity index (χ4n) is 6.48. The maximum absolute atomic E-state index is 13.8. The molecule has 0 spiro atoms. The first-order valence-corrected chi connectivity index (χ1v) is 15.3. The van der Waals surface area contributed by atoms with E-state index in [0.717, 1.165) is 23.4 Å². The molecule has 6 rings (SSSR count). The van der Waals surface area contributed by atoms with Gasteiger partial charge < -0.3 is 34.3 Å². The molecule has 11 heteroatoms. The van der Waals surface area contributed by atoms with E-state index in [-0.39, 0.29) is 28.9 Å². The summed E-state index contributed by atoms with van der Waals surface area (Å²) in [6.07, 6.45) is 0.979. The van der Waals surface area contributed by atoms with Crippen LogP contribution in [0.3, 0.4) is 0 Å². The summed E-state index contributed by atoms with van der Waals surface area (Å²) in [7, 11) is 4.47. The molecule has 10 nitrogen and oxygen atoms in total. The van der Waals surface area contributed by atoms with Crippen LogP contribution in [0.15, 0.2) is 71.5 Å². The molecule has 2 aliphatic rings. The number of anilines is 3. The van der Waals surface area contributed by atoms with Gasteiger partial charge >= 0.3 is 0 Å². The second kappa shape index (κ2) is 12.8. The molecule has 0 saturated carbocycles. The Morgan fingerprint density at radius 2 is 1.52 bits per heavy atom. The summed E-state index contributed by atoms with van der Waals surface area (Å²) in [5, 5.41) is 6.50. The third kappa shape index (κ3) is 6.00. The Bertz CT molecular complexity index is 1860. The zero-order valence-corrected chi connectivity index (χ0v) is 26.8. The van der Waals surface area contributed by atoms with Crippen LogP contribution in [-0.2, 0) is 6.54 Å². The fraction of sp³-hybridized carbons (Fsp3) is 0.286. The van der Waals surface area contributed by atoms with E-state index in [2.05, 4.69) is 15.5 Å². The topological polar surface area (TPSA) is 111 Å². The van der Waals surface area contributed by atoms with E-state index in [4.69, 9.17) is 25.8 Å². The Kier molecular flexibility index (Phi) is 8.64. The molecule has 3 heterocycles. The van der Waals surface area contributed by atoms with Gasteiger partial charge in [-0.1, -0.05) is 23.7 Å². The number of fused-ring (bicyclic) bond motifs is 4. The van der Waals surface area contributed by atoms with E-state index in [0.29, 0.717) is 58.8 Å².